The van der Waals surface area contributed by atoms with Crippen LogP contribution in [0.15, 0.2) is 54.7 Å². The van der Waals surface area contributed by atoms with Crippen LogP contribution in [-0.2, 0) is 4.79 Å². The Kier molecular flexibility index (Phi) is 10.2. The SMILES string of the molecule is CCCCC/C=C(\CCCCC)c1ccc(OC(C)=O)c(C)c1C(=O)Nc1cccc2cccnc12. The summed E-state index contributed by atoms with van der Waals surface area (Å²) >= 11 is 0. The third-order valence-corrected chi connectivity index (χ3v) is 6.37. The van der Waals surface area contributed by atoms with Crippen LogP contribution in [-0.4, -0.2) is 16.9 Å². The Hall–Kier alpha value is -3.47. The molecule has 190 valence electrons. The summed E-state index contributed by atoms with van der Waals surface area (Å²) in [6.45, 7) is 7.62. The van der Waals surface area contributed by atoms with Crippen molar-refractivity contribution in [2.75, 3.05) is 5.32 Å². The first-order valence-electron chi connectivity index (χ1n) is 13.1. The highest BCUT2D eigenvalue weighted by atomic mass is 16.5. The molecule has 0 radical (unpaired) electrons. The first-order valence-corrected chi connectivity index (χ1v) is 13.1. The van der Waals surface area contributed by atoms with Gasteiger partial charge in [0.2, 0.25) is 0 Å². The first-order chi connectivity index (χ1) is 17.5. The number of aromatic nitrogens is 1. The lowest BCUT2D eigenvalue weighted by Crippen LogP contribution is -2.17. The van der Waals surface area contributed by atoms with Crippen molar-refractivity contribution in [2.45, 2.75) is 79.1 Å². The van der Waals surface area contributed by atoms with Crippen LogP contribution in [0.1, 0.15) is 93.6 Å². The second-order valence-electron chi connectivity index (χ2n) is 9.22. The number of ether oxygens (including phenoxy) is 1. The molecule has 1 amide bonds. The van der Waals surface area contributed by atoms with Crippen LogP contribution in [0.5, 0.6) is 5.75 Å². The van der Waals surface area contributed by atoms with Crippen molar-refractivity contribution >= 4 is 34.0 Å². The third-order valence-electron chi connectivity index (χ3n) is 6.37. The fourth-order valence-electron chi connectivity index (χ4n) is 4.49. The standard InChI is InChI=1S/C31H38N2O3/c1-5-7-9-11-15-24(14-10-8-6-2)26-19-20-28(36-23(4)34)22(3)29(26)31(35)33-27-18-12-16-25-17-13-21-32-30(25)27/h12-13,15-21H,5-11,14H2,1-4H3,(H,33,35)/b24-15+. The smallest absolute Gasteiger partial charge is 0.308 e. The number of carbonyl (C=O) groups excluding carboxylic acids is 2. The fraction of sp³-hybridized carbons (Fsp3) is 0.387. The van der Waals surface area contributed by atoms with Crippen molar-refractivity contribution in [3.8, 4) is 5.75 Å². The molecular weight excluding hydrogens is 448 g/mol. The normalized spacial score (nSPS) is 11.5. The Bertz CT molecular complexity index is 1220. The molecule has 1 heterocycles. The van der Waals surface area contributed by atoms with Gasteiger partial charge in [-0.25, -0.2) is 0 Å². The maximum atomic E-state index is 13.8. The van der Waals surface area contributed by atoms with Gasteiger partial charge >= 0.3 is 5.97 Å². The maximum Gasteiger partial charge on any atom is 0.308 e. The highest BCUT2D eigenvalue weighted by Crippen LogP contribution is 2.33. The van der Waals surface area contributed by atoms with Crippen molar-refractivity contribution in [1.82, 2.24) is 4.98 Å². The highest BCUT2D eigenvalue weighted by Gasteiger charge is 2.22. The number of benzene rings is 2. The minimum absolute atomic E-state index is 0.232. The average Bonchev–Trinajstić information content (AvgIpc) is 2.86. The van der Waals surface area contributed by atoms with Gasteiger partial charge in [0.15, 0.2) is 0 Å². The van der Waals surface area contributed by atoms with Gasteiger partial charge in [-0.1, -0.05) is 69.9 Å². The van der Waals surface area contributed by atoms with Gasteiger partial charge in [0, 0.05) is 24.1 Å². The average molecular weight is 487 g/mol. The second-order valence-corrected chi connectivity index (χ2v) is 9.22. The molecule has 1 aromatic heterocycles. The Morgan fingerprint density at radius 2 is 1.72 bits per heavy atom. The zero-order valence-corrected chi connectivity index (χ0v) is 22.0. The summed E-state index contributed by atoms with van der Waals surface area (Å²) in [6.07, 6.45) is 12.7. The van der Waals surface area contributed by atoms with Gasteiger partial charge in [-0.2, -0.15) is 0 Å². The molecule has 0 saturated heterocycles. The topological polar surface area (TPSA) is 68.3 Å². The number of unbranched alkanes of at least 4 members (excludes halogenated alkanes) is 5. The molecule has 5 nitrogen and oxygen atoms in total. The number of carbonyl (C=O) groups is 2. The van der Waals surface area contributed by atoms with Gasteiger partial charge in [-0.3, -0.25) is 14.6 Å². The van der Waals surface area contributed by atoms with Gasteiger partial charge in [0.05, 0.1) is 16.8 Å². The number of esters is 1. The minimum atomic E-state index is -0.409. The van der Waals surface area contributed by atoms with Crippen molar-refractivity contribution in [2.24, 2.45) is 0 Å². The predicted molar refractivity (Wildman–Crippen MR) is 148 cm³/mol. The number of pyridine rings is 1. The molecule has 0 aliphatic rings. The number of hydrogen-bond donors (Lipinski definition) is 1. The van der Waals surface area contributed by atoms with Crippen molar-refractivity contribution in [3.05, 3.63) is 71.4 Å². The van der Waals surface area contributed by atoms with E-state index in [1.54, 1.807) is 6.20 Å². The molecular formula is C31H38N2O3. The largest absolute Gasteiger partial charge is 0.426 e. The lowest BCUT2D eigenvalue weighted by atomic mass is 9.90. The van der Waals surface area contributed by atoms with Crippen LogP contribution in [0.4, 0.5) is 5.69 Å². The van der Waals surface area contributed by atoms with Gasteiger partial charge in [-0.05, 0) is 61.9 Å². The van der Waals surface area contributed by atoms with Crippen LogP contribution in [0.3, 0.4) is 0 Å². The van der Waals surface area contributed by atoms with Crippen LogP contribution < -0.4 is 10.1 Å². The van der Waals surface area contributed by atoms with Crippen LogP contribution in [0, 0.1) is 6.92 Å². The van der Waals surface area contributed by atoms with E-state index in [9.17, 15) is 9.59 Å². The molecule has 3 rings (SSSR count). The van der Waals surface area contributed by atoms with E-state index in [2.05, 4.69) is 30.2 Å². The van der Waals surface area contributed by atoms with E-state index in [-0.39, 0.29) is 5.91 Å². The number of fused-ring (bicyclic) bond motifs is 1. The van der Waals surface area contributed by atoms with E-state index in [4.69, 9.17) is 4.74 Å². The third kappa shape index (κ3) is 7.03. The molecule has 5 heteroatoms. The second kappa shape index (κ2) is 13.6. The van der Waals surface area contributed by atoms with E-state index in [1.807, 2.05) is 49.4 Å². The number of nitrogens with one attached hydrogen (secondary N) is 1. The Morgan fingerprint density at radius 3 is 2.47 bits per heavy atom. The van der Waals surface area contributed by atoms with Gasteiger partial charge < -0.3 is 10.1 Å². The number of hydrogen-bond acceptors (Lipinski definition) is 4. The van der Waals surface area contributed by atoms with E-state index in [0.29, 0.717) is 22.6 Å². The maximum absolute atomic E-state index is 13.8. The molecule has 0 fully saturated rings. The molecule has 0 aliphatic carbocycles. The molecule has 0 saturated carbocycles. The van der Waals surface area contributed by atoms with Crippen LogP contribution >= 0.6 is 0 Å². The molecule has 36 heavy (non-hydrogen) atoms. The molecule has 0 atom stereocenters. The summed E-state index contributed by atoms with van der Waals surface area (Å²) in [4.78, 5) is 30.1. The Labute approximate surface area is 215 Å². The lowest BCUT2D eigenvalue weighted by Gasteiger charge is -2.19. The molecule has 0 bridgehead atoms. The zero-order valence-electron chi connectivity index (χ0n) is 22.0. The number of amides is 1. The first kappa shape index (κ1) is 27.1. The van der Waals surface area contributed by atoms with E-state index in [1.165, 1.54) is 25.3 Å². The summed E-state index contributed by atoms with van der Waals surface area (Å²) < 4.78 is 5.45. The molecule has 1 N–H and O–H groups in total. The summed E-state index contributed by atoms with van der Waals surface area (Å²) in [5.74, 6) is -0.232. The van der Waals surface area contributed by atoms with Gasteiger partial charge in [0.1, 0.15) is 5.75 Å². The molecule has 0 aliphatic heterocycles. The summed E-state index contributed by atoms with van der Waals surface area (Å²) in [5.41, 5.74) is 4.67. The van der Waals surface area contributed by atoms with Gasteiger partial charge in [0.25, 0.3) is 5.91 Å². The van der Waals surface area contributed by atoms with Crippen molar-refractivity contribution in [1.29, 1.82) is 0 Å². The van der Waals surface area contributed by atoms with E-state index in [0.717, 1.165) is 55.0 Å². The number of para-hydroxylation sites is 1. The van der Waals surface area contributed by atoms with Crippen molar-refractivity contribution < 1.29 is 14.3 Å². The number of anilines is 1. The Balaban J connectivity index is 2.07. The minimum Gasteiger partial charge on any atom is -0.426 e. The number of rotatable bonds is 12. The van der Waals surface area contributed by atoms with Crippen LogP contribution in [0.25, 0.3) is 16.5 Å². The fourth-order valence-corrected chi connectivity index (χ4v) is 4.49. The van der Waals surface area contributed by atoms with Crippen LogP contribution in [0.2, 0.25) is 0 Å². The summed E-state index contributed by atoms with van der Waals surface area (Å²) in [7, 11) is 0. The monoisotopic (exact) mass is 486 g/mol. The molecule has 0 spiro atoms. The highest BCUT2D eigenvalue weighted by molar-refractivity contribution is 6.11. The molecule has 3 aromatic rings. The number of allylic oxidation sites excluding steroid dienone is 2. The Morgan fingerprint density at radius 1 is 0.972 bits per heavy atom. The summed E-state index contributed by atoms with van der Waals surface area (Å²) in [6, 6.07) is 13.3. The predicted octanol–water partition coefficient (Wildman–Crippen LogP) is 8.26. The lowest BCUT2D eigenvalue weighted by molar-refractivity contribution is -0.131. The van der Waals surface area contributed by atoms with E-state index >= 15 is 0 Å². The zero-order chi connectivity index (χ0) is 25.9. The summed E-state index contributed by atoms with van der Waals surface area (Å²) in [5, 5.41) is 4.05. The van der Waals surface area contributed by atoms with Gasteiger partial charge in [-0.15, -0.1) is 0 Å². The van der Waals surface area contributed by atoms with Crippen molar-refractivity contribution in [3.63, 3.8) is 0 Å². The number of nitrogens with zero attached hydrogens (tertiary/aromatic N) is 1. The van der Waals surface area contributed by atoms with E-state index < -0.39 is 5.97 Å². The molecule has 2 aromatic carbocycles. The molecule has 0 unspecified atom stereocenters. The quantitative estimate of drug-likeness (QED) is 0.159.